The van der Waals surface area contributed by atoms with Crippen LogP contribution in [0, 0.1) is 18.6 Å². The Kier molecular flexibility index (Phi) is 7.31. The quantitative estimate of drug-likeness (QED) is 0.590. The van der Waals surface area contributed by atoms with E-state index in [2.05, 4.69) is 25.3 Å². The summed E-state index contributed by atoms with van der Waals surface area (Å²) in [6.07, 6.45) is 8.18. The molecular weight excluding hydrogens is 482 g/mol. The molecule has 0 bridgehead atoms. The van der Waals surface area contributed by atoms with Gasteiger partial charge in [-0.2, -0.15) is 0 Å². The van der Waals surface area contributed by atoms with Gasteiger partial charge in [-0.25, -0.2) is 23.5 Å². The van der Waals surface area contributed by atoms with Crippen molar-refractivity contribution in [3.05, 3.63) is 53.4 Å². The number of urea groups is 1. The minimum Gasteiger partial charge on any atom is -0.392 e. The van der Waals surface area contributed by atoms with E-state index >= 15 is 0 Å². The Bertz CT molecular complexity index is 1210. The van der Waals surface area contributed by atoms with Crippen LogP contribution in [0.15, 0.2) is 35.8 Å². The van der Waals surface area contributed by atoms with E-state index in [1.54, 1.807) is 0 Å². The molecule has 3 aliphatic rings. The Morgan fingerprint density at radius 2 is 1.86 bits per heavy atom. The number of nitrogens with zero attached hydrogens (tertiary/aromatic N) is 5. The first-order chi connectivity index (χ1) is 17.9. The predicted octanol–water partition coefficient (Wildman–Crippen LogP) is 3.88. The zero-order chi connectivity index (χ0) is 25.9. The molecule has 0 saturated carbocycles. The normalized spacial score (nSPS) is 20.0. The van der Waals surface area contributed by atoms with Crippen LogP contribution in [0.1, 0.15) is 43.2 Å². The second kappa shape index (κ2) is 10.8. The summed E-state index contributed by atoms with van der Waals surface area (Å²) in [7, 11) is 0. The number of rotatable bonds is 5. The molecule has 0 unspecified atom stereocenters. The molecule has 1 aromatic carbocycles. The number of hydrogen-bond donors (Lipinski definition) is 2. The van der Waals surface area contributed by atoms with Crippen molar-refractivity contribution in [2.24, 2.45) is 5.16 Å². The van der Waals surface area contributed by atoms with Gasteiger partial charge in [0.25, 0.3) is 0 Å². The summed E-state index contributed by atoms with van der Waals surface area (Å²) in [6.45, 7) is 3.90. The first kappa shape index (κ1) is 25.1. The van der Waals surface area contributed by atoms with Crippen LogP contribution in [0.25, 0.3) is 5.57 Å². The molecule has 0 radical (unpaired) electrons. The Labute approximate surface area is 213 Å². The topological polar surface area (TPSA) is 103 Å². The van der Waals surface area contributed by atoms with E-state index in [9.17, 15) is 18.7 Å². The van der Waals surface area contributed by atoms with Crippen molar-refractivity contribution in [1.29, 1.82) is 0 Å². The largest absolute Gasteiger partial charge is 0.392 e. The van der Waals surface area contributed by atoms with Crippen molar-refractivity contribution in [1.82, 2.24) is 14.9 Å². The summed E-state index contributed by atoms with van der Waals surface area (Å²) in [4.78, 5) is 30.1. The average molecular weight is 513 g/mol. The number of carbonyl (C=O) groups excluding carboxylic acids is 1. The standard InChI is InChI=1S/C26H30F2N6O3/c1-16-12-29-25(30-13-16)33-8-6-20(7-9-33)37-32-18-4-2-17(3-5-18)21-10-23(28)24(11-22(21)27)31-26(36)34-14-19(35)15-34/h2,10-13,19-20,35H,3-9,14-15H2,1H3,(H,31,36)/b32-18+. The number of piperidine rings is 1. The van der Waals surface area contributed by atoms with Crippen LogP contribution >= 0.6 is 0 Å². The number of benzene rings is 1. The highest BCUT2D eigenvalue weighted by Crippen LogP contribution is 2.31. The van der Waals surface area contributed by atoms with Crippen LogP contribution < -0.4 is 10.2 Å². The van der Waals surface area contributed by atoms with Gasteiger partial charge in [0.15, 0.2) is 0 Å². The van der Waals surface area contributed by atoms with Crippen molar-refractivity contribution in [2.75, 3.05) is 36.4 Å². The van der Waals surface area contributed by atoms with Crippen LogP contribution in [0.4, 0.5) is 25.2 Å². The number of carbonyl (C=O) groups is 1. The van der Waals surface area contributed by atoms with E-state index in [1.165, 1.54) is 4.90 Å². The fraction of sp³-hybridized carbons (Fsp3) is 0.462. The van der Waals surface area contributed by atoms with Gasteiger partial charge in [-0.05, 0) is 37.0 Å². The molecule has 2 N–H and O–H groups in total. The highest BCUT2D eigenvalue weighted by molar-refractivity contribution is 5.92. The highest BCUT2D eigenvalue weighted by Gasteiger charge is 2.29. The summed E-state index contributed by atoms with van der Waals surface area (Å²) in [5.74, 6) is -0.583. The number of nitrogens with one attached hydrogen (secondary N) is 1. The number of β-amino-alcohol motifs (C(OH)–C–C–N with tert-alkyl or cyclic N) is 1. The van der Waals surface area contributed by atoms with Crippen molar-refractivity contribution >= 4 is 29.0 Å². The third kappa shape index (κ3) is 5.87. The van der Waals surface area contributed by atoms with Crippen LogP contribution in [0.3, 0.4) is 0 Å². The number of oxime groups is 1. The number of aryl methyl sites for hydroxylation is 1. The predicted molar refractivity (Wildman–Crippen MR) is 135 cm³/mol. The fourth-order valence-electron chi connectivity index (χ4n) is 4.62. The molecule has 5 rings (SSSR count). The molecule has 2 amide bonds. The second-order valence-corrected chi connectivity index (χ2v) is 9.74. The van der Waals surface area contributed by atoms with Gasteiger partial charge in [-0.3, -0.25) is 0 Å². The van der Waals surface area contributed by atoms with Crippen molar-refractivity contribution in [2.45, 2.75) is 51.2 Å². The van der Waals surface area contributed by atoms with Gasteiger partial charge in [0.1, 0.15) is 17.7 Å². The maximum absolute atomic E-state index is 14.8. The molecule has 37 heavy (non-hydrogen) atoms. The Balaban J connectivity index is 1.13. The van der Waals surface area contributed by atoms with Crippen LogP contribution in [0.2, 0.25) is 0 Å². The van der Waals surface area contributed by atoms with E-state index in [4.69, 9.17) is 4.84 Å². The van der Waals surface area contributed by atoms with Gasteiger partial charge in [-0.15, -0.1) is 0 Å². The van der Waals surface area contributed by atoms with Crippen molar-refractivity contribution in [3.63, 3.8) is 0 Å². The third-order valence-electron chi connectivity index (χ3n) is 6.88. The minimum atomic E-state index is -0.711. The number of anilines is 2. The zero-order valence-electron chi connectivity index (χ0n) is 20.7. The SMILES string of the molecule is Cc1cnc(N2CCC(O/N=C3\CC=C(c4cc(F)c(NC(=O)N5CC(O)C5)cc4F)CC3)CC2)nc1. The maximum Gasteiger partial charge on any atom is 0.322 e. The molecular formula is C26H30F2N6O3. The smallest absolute Gasteiger partial charge is 0.322 e. The van der Waals surface area contributed by atoms with Gasteiger partial charge < -0.3 is 25.1 Å². The fourth-order valence-corrected chi connectivity index (χ4v) is 4.62. The number of allylic oxidation sites excluding steroid dienone is 2. The number of aromatic nitrogens is 2. The molecule has 2 fully saturated rings. The van der Waals surface area contributed by atoms with Gasteiger partial charge in [-0.1, -0.05) is 11.2 Å². The van der Waals surface area contributed by atoms with E-state index in [-0.39, 0.29) is 30.4 Å². The first-order valence-electron chi connectivity index (χ1n) is 12.5. The number of aliphatic hydroxyl groups excluding tert-OH is 1. The van der Waals surface area contributed by atoms with Crippen LogP contribution in [-0.4, -0.2) is 70.1 Å². The minimum absolute atomic E-state index is 0.0217. The van der Waals surface area contributed by atoms with E-state index in [0.29, 0.717) is 24.8 Å². The summed E-state index contributed by atoms with van der Waals surface area (Å²) in [5.41, 5.74) is 2.56. The number of aliphatic hydroxyl groups is 1. The van der Waals surface area contributed by atoms with E-state index in [1.807, 2.05) is 25.4 Å². The lowest BCUT2D eigenvalue weighted by Gasteiger charge is -2.35. The number of halogens is 2. The molecule has 1 aliphatic carbocycles. The molecule has 2 saturated heterocycles. The van der Waals surface area contributed by atoms with Gasteiger partial charge >= 0.3 is 6.03 Å². The molecule has 9 nitrogen and oxygen atoms in total. The molecule has 11 heteroatoms. The Hall–Kier alpha value is -3.60. The molecule has 3 heterocycles. The van der Waals surface area contributed by atoms with Crippen LogP contribution in [-0.2, 0) is 4.84 Å². The third-order valence-corrected chi connectivity index (χ3v) is 6.88. The number of hydrogen-bond acceptors (Lipinski definition) is 7. The average Bonchev–Trinajstić information content (AvgIpc) is 2.88. The van der Waals surface area contributed by atoms with Gasteiger partial charge in [0, 0.05) is 56.4 Å². The van der Waals surface area contributed by atoms with E-state index in [0.717, 1.165) is 55.3 Å². The maximum atomic E-state index is 14.8. The molecule has 196 valence electrons. The summed E-state index contributed by atoms with van der Waals surface area (Å²) in [6, 6.07) is 1.55. The summed E-state index contributed by atoms with van der Waals surface area (Å²) < 4.78 is 29.4. The first-order valence-corrected chi connectivity index (χ1v) is 12.5. The molecule has 2 aliphatic heterocycles. The molecule has 0 spiro atoms. The Morgan fingerprint density at radius 3 is 2.51 bits per heavy atom. The zero-order valence-corrected chi connectivity index (χ0v) is 20.7. The van der Waals surface area contributed by atoms with Crippen molar-refractivity contribution < 1.29 is 23.5 Å². The van der Waals surface area contributed by atoms with Crippen LogP contribution in [0.5, 0.6) is 0 Å². The highest BCUT2D eigenvalue weighted by atomic mass is 19.1. The molecule has 2 aromatic rings. The van der Waals surface area contributed by atoms with Gasteiger partial charge in [0.05, 0.1) is 30.6 Å². The lowest BCUT2D eigenvalue weighted by atomic mass is 9.92. The monoisotopic (exact) mass is 512 g/mol. The summed E-state index contributed by atoms with van der Waals surface area (Å²) >= 11 is 0. The van der Waals surface area contributed by atoms with Crippen molar-refractivity contribution in [3.8, 4) is 0 Å². The molecule has 1 aromatic heterocycles. The lowest BCUT2D eigenvalue weighted by Crippen LogP contribution is -2.54. The number of likely N-dealkylation sites (tertiary alicyclic amines) is 1. The Morgan fingerprint density at radius 1 is 1.14 bits per heavy atom. The lowest BCUT2D eigenvalue weighted by molar-refractivity contribution is 0.0308. The molecule has 0 atom stereocenters. The van der Waals surface area contributed by atoms with E-state index < -0.39 is 23.8 Å². The second-order valence-electron chi connectivity index (χ2n) is 9.74. The number of amides is 2. The summed E-state index contributed by atoms with van der Waals surface area (Å²) in [5, 5.41) is 16.0. The van der Waals surface area contributed by atoms with Gasteiger partial charge in [0.2, 0.25) is 5.95 Å².